The molecule has 0 N–H and O–H groups in total. The summed E-state index contributed by atoms with van der Waals surface area (Å²) in [5.74, 6) is -0.0964. The van der Waals surface area contributed by atoms with Crippen molar-refractivity contribution in [3.63, 3.8) is 0 Å². The molecule has 0 unspecified atom stereocenters. The van der Waals surface area contributed by atoms with Crippen LogP contribution in [0.15, 0.2) is 89.8 Å². The Balaban J connectivity index is 1.82. The standard InChI is InChI=1S/C21H14FN3O/c22-17-6-8-18(9-7-17)25-20(16-4-2-1-3-5-16)24-19(21(25)26)14-15-10-12-23-13-11-15/h1-14H/b19-14+. The second-order valence-electron chi connectivity index (χ2n) is 5.73. The van der Waals surface area contributed by atoms with Crippen LogP contribution in [0.25, 0.3) is 6.08 Å². The van der Waals surface area contributed by atoms with Gasteiger partial charge in [-0.2, -0.15) is 0 Å². The van der Waals surface area contributed by atoms with E-state index in [-0.39, 0.29) is 11.7 Å². The van der Waals surface area contributed by atoms with Crippen molar-refractivity contribution in [2.45, 2.75) is 0 Å². The minimum atomic E-state index is -0.355. The molecule has 1 aromatic heterocycles. The molecule has 0 aliphatic carbocycles. The van der Waals surface area contributed by atoms with Gasteiger partial charge in [0.2, 0.25) is 0 Å². The second kappa shape index (κ2) is 6.72. The molecular weight excluding hydrogens is 329 g/mol. The first kappa shape index (κ1) is 15.9. The van der Waals surface area contributed by atoms with Gasteiger partial charge in [-0.25, -0.2) is 9.38 Å². The van der Waals surface area contributed by atoms with Crippen LogP contribution in [0.2, 0.25) is 0 Å². The van der Waals surface area contributed by atoms with Gasteiger partial charge in [0.1, 0.15) is 17.3 Å². The van der Waals surface area contributed by atoms with Crippen LogP contribution in [-0.2, 0) is 4.79 Å². The van der Waals surface area contributed by atoms with Gasteiger partial charge < -0.3 is 0 Å². The van der Waals surface area contributed by atoms with Gasteiger partial charge >= 0.3 is 0 Å². The summed E-state index contributed by atoms with van der Waals surface area (Å²) < 4.78 is 13.3. The van der Waals surface area contributed by atoms with Crippen LogP contribution >= 0.6 is 0 Å². The lowest BCUT2D eigenvalue weighted by Gasteiger charge is -2.18. The van der Waals surface area contributed by atoms with E-state index >= 15 is 0 Å². The van der Waals surface area contributed by atoms with Crippen LogP contribution in [0.1, 0.15) is 11.1 Å². The molecule has 26 heavy (non-hydrogen) atoms. The zero-order valence-corrected chi connectivity index (χ0v) is 13.7. The molecule has 1 aliphatic rings. The monoisotopic (exact) mass is 343 g/mol. The molecule has 5 heteroatoms. The summed E-state index contributed by atoms with van der Waals surface area (Å²) in [6.07, 6.45) is 5.03. The van der Waals surface area contributed by atoms with E-state index in [4.69, 9.17) is 0 Å². The Bertz CT molecular complexity index is 996. The van der Waals surface area contributed by atoms with Crippen molar-refractivity contribution in [2.24, 2.45) is 4.99 Å². The molecule has 0 saturated carbocycles. The fourth-order valence-electron chi connectivity index (χ4n) is 2.74. The Morgan fingerprint density at radius 2 is 1.58 bits per heavy atom. The van der Waals surface area contributed by atoms with E-state index in [1.54, 1.807) is 42.7 Å². The van der Waals surface area contributed by atoms with E-state index in [2.05, 4.69) is 9.98 Å². The summed E-state index contributed by atoms with van der Waals surface area (Å²) >= 11 is 0. The van der Waals surface area contributed by atoms with Crippen molar-refractivity contribution in [3.05, 3.63) is 102 Å². The molecule has 3 aromatic rings. The Morgan fingerprint density at radius 3 is 2.27 bits per heavy atom. The van der Waals surface area contributed by atoms with Crippen molar-refractivity contribution < 1.29 is 9.18 Å². The SMILES string of the molecule is O=C1/C(=C\c2ccncc2)N=C(c2ccccc2)N1c1ccc(F)cc1. The third-order valence-corrected chi connectivity index (χ3v) is 3.99. The average molecular weight is 343 g/mol. The normalized spacial score (nSPS) is 15.4. The zero-order valence-electron chi connectivity index (χ0n) is 13.7. The number of aliphatic imine (C=N–C) groups is 1. The predicted molar refractivity (Wildman–Crippen MR) is 99.1 cm³/mol. The summed E-state index contributed by atoms with van der Waals surface area (Å²) in [6.45, 7) is 0. The van der Waals surface area contributed by atoms with E-state index in [1.165, 1.54) is 17.0 Å². The number of pyridine rings is 1. The molecule has 126 valence electrons. The minimum absolute atomic E-state index is 0.257. The molecule has 1 aliphatic heterocycles. The van der Waals surface area contributed by atoms with E-state index in [1.807, 2.05) is 30.3 Å². The molecule has 1 amide bonds. The lowest BCUT2D eigenvalue weighted by Crippen LogP contribution is -2.32. The molecule has 0 saturated heterocycles. The summed E-state index contributed by atoms with van der Waals surface area (Å²) in [4.78, 5) is 23.0. The number of amidine groups is 1. The van der Waals surface area contributed by atoms with Crippen LogP contribution in [0.5, 0.6) is 0 Å². The van der Waals surface area contributed by atoms with E-state index in [0.717, 1.165) is 11.1 Å². The maximum absolute atomic E-state index is 13.3. The van der Waals surface area contributed by atoms with Crippen molar-refractivity contribution in [1.82, 2.24) is 4.98 Å². The topological polar surface area (TPSA) is 45.6 Å². The molecule has 0 atom stereocenters. The largest absolute Gasteiger partial charge is 0.282 e. The lowest BCUT2D eigenvalue weighted by molar-refractivity contribution is -0.113. The van der Waals surface area contributed by atoms with Gasteiger partial charge in [-0.15, -0.1) is 0 Å². The number of carbonyl (C=O) groups is 1. The van der Waals surface area contributed by atoms with E-state index in [9.17, 15) is 9.18 Å². The highest BCUT2D eigenvalue weighted by molar-refractivity contribution is 6.33. The first-order chi connectivity index (χ1) is 12.7. The fraction of sp³-hybridized carbons (Fsp3) is 0. The highest BCUT2D eigenvalue weighted by Crippen LogP contribution is 2.27. The van der Waals surface area contributed by atoms with Crippen molar-refractivity contribution in [2.75, 3.05) is 4.90 Å². The molecular formula is C21H14FN3O. The van der Waals surface area contributed by atoms with Crippen LogP contribution in [0.4, 0.5) is 10.1 Å². The number of aromatic nitrogens is 1. The number of anilines is 1. The molecule has 2 heterocycles. The van der Waals surface area contributed by atoms with Crippen molar-refractivity contribution >= 4 is 23.5 Å². The quantitative estimate of drug-likeness (QED) is 0.673. The van der Waals surface area contributed by atoms with Crippen LogP contribution in [0.3, 0.4) is 0 Å². The van der Waals surface area contributed by atoms with Gasteiger partial charge in [-0.05, 0) is 48.0 Å². The highest BCUT2D eigenvalue weighted by atomic mass is 19.1. The first-order valence-electron chi connectivity index (χ1n) is 8.08. The number of carbonyl (C=O) groups excluding carboxylic acids is 1. The van der Waals surface area contributed by atoms with E-state index < -0.39 is 0 Å². The van der Waals surface area contributed by atoms with Gasteiger partial charge in [0.15, 0.2) is 0 Å². The van der Waals surface area contributed by atoms with Crippen molar-refractivity contribution in [1.29, 1.82) is 0 Å². The second-order valence-corrected chi connectivity index (χ2v) is 5.73. The summed E-state index contributed by atoms with van der Waals surface area (Å²) in [5, 5.41) is 0. The molecule has 2 aromatic carbocycles. The average Bonchev–Trinajstić information content (AvgIpc) is 3.00. The number of benzene rings is 2. The number of halogens is 1. The third kappa shape index (κ3) is 3.02. The Labute approximate surface area is 150 Å². The number of amides is 1. The molecule has 0 fully saturated rings. The fourth-order valence-corrected chi connectivity index (χ4v) is 2.74. The van der Waals surface area contributed by atoms with Gasteiger partial charge in [0.25, 0.3) is 5.91 Å². The Kier molecular flexibility index (Phi) is 4.11. The predicted octanol–water partition coefficient (Wildman–Crippen LogP) is 4.06. The van der Waals surface area contributed by atoms with Crippen LogP contribution in [-0.4, -0.2) is 16.7 Å². The number of hydrogen-bond acceptors (Lipinski definition) is 3. The molecule has 0 bridgehead atoms. The maximum Gasteiger partial charge on any atom is 0.282 e. The van der Waals surface area contributed by atoms with Gasteiger partial charge in [-0.1, -0.05) is 30.3 Å². The molecule has 0 spiro atoms. The van der Waals surface area contributed by atoms with Crippen LogP contribution < -0.4 is 4.90 Å². The highest BCUT2D eigenvalue weighted by Gasteiger charge is 2.32. The Morgan fingerprint density at radius 1 is 0.885 bits per heavy atom. The van der Waals surface area contributed by atoms with Gasteiger partial charge in [0.05, 0.1) is 5.69 Å². The maximum atomic E-state index is 13.3. The van der Waals surface area contributed by atoms with Crippen LogP contribution in [0, 0.1) is 5.82 Å². The minimum Gasteiger partial charge on any atom is -0.266 e. The molecule has 4 nitrogen and oxygen atoms in total. The van der Waals surface area contributed by atoms with Gasteiger partial charge in [0, 0.05) is 18.0 Å². The first-order valence-corrected chi connectivity index (χ1v) is 8.08. The summed E-state index contributed by atoms with van der Waals surface area (Å²) in [7, 11) is 0. The number of nitrogens with zero attached hydrogens (tertiary/aromatic N) is 3. The smallest absolute Gasteiger partial charge is 0.266 e. The number of rotatable bonds is 3. The lowest BCUT2D eigenvalue weighted by atomic mass is 10.1. The van der Waals surface area contributed by atoms with Crippen molar-refractivity contribution in [3.8, 4) is 0 Å². The summed E-state index contributed by atoms with van der Waals surface area (Å²) in [6, 6.07) is 18.9. The zero-order chi connectivity index (χ0) is 17.9. The Hall–Kier alpha value is -3.60. The number of hydrogen-bond donors (Lipinski definition) is 0. The third-order valence-electron chi connectivity index (χ3n) is 3.99. The summed E-state index contributed by atoms with van der Waals surface area (Å²) in [5.41, 5.74) is 2.53. The van der Waals surface area contributed by atoms with E-state index in [0.29, 0.717) is 17.2 Å². The van der Waals surface area contributed by atoms with Gasteiger partial charge in [-0.3, -0.25) is 14.7 Å². The molecule has 4 rings (SSSR count). The molecule has 0 radical (unpaired) electrons.